The number of rotatable bonds is 16. The van der Waals surface area contributed by atoms with Gasteiger partial charge in [0.15, 0.2) is 0 Å². The summed E-state index contributed by atoms with van der Waals surface area (Å²) in [5.74, 6) is -3.52. The number of carbonyl (C=O) groups excluding carboxylic acids is 3. The topological polar surface area (TPSA) is 197 Å². The van der Waals surface area contributed by atoms with Gasteiger partial charge in [-0.1, -0.05) is 52.7 Å². The van der Waals surface area contributed by atoms with Crippen LogP contribution in [0.15, 0.2) is 24.3 Å². The number of hydrogen-bond donors (Lipinski definition) is 7. The zero-order valence-corrected chi connectivity index (χ0v) is 22.2. The van der Waals surface area contributed by atoms with E-state index in [0.29, 0.717) is 31.4 Å². The molecule has 9 N–H and O–H groups in total. The standard InChI is InChI=1S/C26H43N5O6/c1-5-16(4)22(26(36)37)31-24(34)20(14-17-9-11-18(32)12-10-17)29-25(35)21(15(2)3)30-23(33)19(28)8-6-7-13-27/h9-12,15-16,19-22,32H,5-8,13-14,27-28H2,1-4H3,(H,29,35)(H,30,33)(H,31,34)(H,36,37). The van der Waals surface area contributed by atoms with Crippen molar-refractivity contribution >= 4 is 23.7 Å². The summed E-state index contributed by atoms with van der Waals surface area (Å²) in [5, 5.41) is 27.1. The molecule has 0 bridgehead atoms. The van der Waals surface area contributed by atoms with Gasteiger partial charge >= 0.3 is 5.97 Å². The second-order valence-corrected chi connectivity index (χ2v) is 9.76. The molecule has 5 unspecified atom stereocenters. The zero-order valence-electron chi connectivity index (χ0n) is 22.2. The van der Waals surface area contributed by atoms with Crippen LogP contribution in [-0.2, 0) is 25.6 Å². The highest BCUT2D eigenvalue weighted by molar-refractivity contribution is 5.94. The molecule has 0 aliphatic heterocycles. The second-order valence-electron chi connectivity index (χ2n) is 9.76. The summed E-state index contributed by atoms with van der Waals surface area (Å²) in [6.07, 6.45) is 2.41. The molecule has 1 rings (SSSR count). The highest BCUT2D eigenvalue weighted by Gasteiger charge is 2.33. The van der Waals surface area contributed by atoms with E-state index in [4.69, 9.17) is 11.5 Å². The van der Waals surface area contributed by atoms with Gasteiger partial charge in [0.25, 0.3) is 0 Å². The summed E-state index contributed by atoms with van der Waals surface area (Å²) in [6.45, 7) is 7.54. The van der Waals surface area contributed by atoms with E-state index in [9.17, 15) is 29.4 Å². The van der Waals surface area contributed by atoms with Crippen LogP contribution in [0.5, 0.6) is 5.75 Å². The van der Waals surface area contributed by atoms with Gasteiger partial charge in [0.2, 0.25) is 17.7 Å². The normalized spacial score (nSPS) is 15.2. The summed E-state index contributed by atoms with van der Waals surface area (Å²) < 4.78 is 0. The molecule has 37 heavy (non-hydrogen) atoms. The maximum Gasteiger partial charge on any atom is 0.326 e. The van der Waals surface area contributed by atoms with Crippen LogP contribution in [0.3, 0.4) is 0 Å². The number of amides is 3. The van der Waals surface area contributed by atoms with Crippen molar-refractivity contribution in [3.8, 4) is 5.75 Å². The van der Waals surface area contributed by atoms with E-state index in [1.807, 2.05) is 6.92 Å². The fourth-order valence-corrected chi connectivity index (χ4v) is 3.71. The van der Waals surface area contributed by atoms with E-state index in [2.05, 4.69) is 16.0 Å². The van der Waals surface area contributed by atoms with Crippen LogP contribution in [0.4, 0.5) is 0 Å². The molecular formula is C26H43N5O6. The van der Waals surface area contributed by atoms with E-state index in [-0.39, 0.29) is 24.0 Å². The molecule has 0 heterocycles. The molecule has 0 radical (unpaired) electrons. The number of aliphatic carboxylic acids is 1. The van der Waals surface area contributed by atoms with Crippen LogP contribution in [0, 0.1) is 11.8 Å². The van der Waals surface area contributed by atoms with Gasteiger partial charge in [-0.15, -0.1) is 0 Å². The van der Waals surface area contributed by atoms with Crippen LogP contribution in [0.1, 0.15) is 58.9 Å². The van der Waals surface area contributed by atoms with Crippen LogP contribution < -0.4 is 27.4 Å². The first-order valence-electron chi connectivity index (χ1n) is 12.8. The molecule has 1 aromatic carbocycles. The maximum absolute atomic E-state index is 13.3. The number of carbonyl (C=O) groups is 4. The van der Waals surface area contributed by atoms with Crippen LogP contribution in [0.25, 0.3) is 0 Å². The van der Waals surface area contributed by atoms with Crippen molar-refractivity contribution in [1.82, 2.24) is 16.0 Å². The third-order valence-electron chi connectivity index (χ3n) is 6.34. The summed E-state index contributed by atoms with van der Waals surface area (Å²) in [4.78, 5) is 50.8. The van der Waals surface area contributed by atoms with E-state index in [1.165, 1.54) is 12.1 Å². The quantitative estimate of drug-likeness (QED) is 0.154. The van der Waals surface area contributed by atoms with Crippen molar-refractivity contribution in [1.29, 1.82) is 0 Å². The molecule has 0 aliphatic carbocycles. The van der Waals surface area contributed by atoms with Gasteiger partial charge in [-0.05, 0) is 48.9 Å². The molecule has 0 spiro atoms. The molecule has 3 amide bonds. The number of carboxylic acids is 1. The summed E-state index contributed by atoms with van der Waals surface area (Å²) in [5.41, 5.74) is 12.1. The van der Waals surface area contributed by atoms with Crippen molar-refractivity contribution in [3.05, 3.63) is 29.8 Å². The number of hydrogen-bond acceptors (Lipinski definition) is 7. The van der Waals surface area contributed by atoms with Gasteiger partial charge in [-0.2, -0.15) is 0 Å². The number of benzene rings is 1. The number of carboxylic acid groups (broad SMARTS) is 1. The van der Waals surface area contributed by atoms with Crippen molar-refractivity contribution in [3.63, 3.8) is 0 Å². The fraction of sp³-hybridized carbons (Fsp3) is 0.615. The molecular weight excluding hydrogens is 478 g/mol. The number of phenolic OH excluding ortho intramolecular Hbond substituents is 1. The van der Waals surface area contributed by atoms with Gasteiger partial charge in [0.1, 0.15) is 23.9 Å². The Labute approximate surface area is 218 Å². The summed E-state index contributed by atoms with van der Waals surface area (Å²) >= 11 is 0. The van der Waals surface area contributed by atoms with Gasteiger partial charge in [0.05, 0.1) is 6.04 Å². The number of unbranched alkanes of at least 4 members (excludes halogenated alkanes) is 1. The first-order valence-corrected chi connectivity index (χ1v) is 12.8. The Balaban J connectivity index is 3.10. The van der Waals surface area contributed by atoms with Crippen molar-refractivity contribution < 1.29 is 29.4 Å². The Morgan fingerprint density at radius 1 is 0.892 bits per heavy atom. The Morgan fingerprint density at radius 3 is 2.00 bits per heavy atom. The molecule has 5 atom stereocenters. The number of nitrogens with two attached hydrogens (primary N) is 2. The molecule has 0 saturated heterocycles. The summed E-state index contributed by atoms with van der Waals surface area (Å²) in [6, 6.07) is 2.09. The van der Waals surface area contributed by atoms with Gasteiger partial charge in [-0.3, -0.25) is 14.4 Å². The number of aromatic hydroxyl groups is 1. The average Bonchev–Trinajstić information content (AvgIpc) is 2.85. The smallest absolute Gasteiger partial charge is 0.326 e. The lowest BCUT2D eigenvalue weighted by molar-refractivity contribution is -0.143. The molecule has 0 saturated carbocycles. The predicted molar refractivity (Wildman–Crippen MR) is 140 cm³/mol. The van der Waals surface area contributed by atoms with E-state index in [1.54, 1.807) is 32.9 Å². The minimum atomic E-state index is -1.17. The van der Waals surface area contributed by atoms with Crippen molar-refractivity contribution in [2.45, 2.75) is 84.0 Å². The minimum Gasteiger partial charge on any atom is -0.508 e. The zero-order chi connectivity index (χ0) is 28.1. The molecule has 0 fully saturated rings. The third-order valence-corrected chi connectivity index (χ3v) is 6.34. The van der Waals surface area contributed by atoms with Gasteiger partial charge in [-0.25, -0.2) is 4.79 Å². The maximum atomic E-state index is 13.3. The van der Waals surface area contributed by atoms with E-state index < -0.39 is 47.9 Å². The van der Waals surface area contributed by atoms with E-state index >= 15 is 0 Å². The second kappa shape index (κ2) is 15.8. The molecule has 0 aliphatic rings. The number of nitrogens with one attached hydrogen (secondary N) is 3. The Hall–Kier alpha value is -3.18. The van der Waals surface area contributed by atoms with Gasteiger partial charge < -0.3 is 37.6 Å². The predicted octanol–water partition coefficient (Wildman–Crippen LogP) is 0.632. The average molecular weight is 522 g/mol. The molecule has 11 heteroatoms. The van der Waals surface area contributed by atoms with Crippen LogP contribution in [-0.4, -0.2) is 64.6 Å². The lowest BCUT2D eigenvalue weighted by Crippen LogP contribution is -2.59. The third kappa shape index (κ3) is 10.8. The monoisotopic (exact) mass is 521 g/mol. The van der Waals surface area contributed by atoms with Crippen molar-refractivity contribution in [2.24, 2.45) is 23.3 Å². The highest BCUT2D eigenvalue weighted by atomic mass is 16.4. The molecule has 11 nitrogen and oxygen atoms in total. The first kappa shape index (κ1) is 31.8. The molecule has 1 aromatic rings. The SMILES string of the molecule is CCC(C)C(NC(=O)C(Cc1ccc(O)cc1)NC(=O)C(NC(=O)C(N)CCCCN)C(C)C)C(=O)O. The lowest BCUT2D eigenvalue weighted by Gasteiger charge is -2.28. The van der Waals surface area contributed by atoms with Gasteiger partial charge in [0, 0.05) is 6.42 Å². The Morgan fingerprint density at radius 2 is 1.49 bits per heavy atom. The Bertz CT molecular complexity index is 892. The minimum absolute atomic E-state index is 0.0434. The highest BCUT2D eigenvalue weighted by Crippen LogP contribution is 2.14. The van der Waals surface area contributed by atoms with Crippen LogP contribution >= 0.6 is 0 Å². The Kier molecular flexibility index (Phi) is 13.6. The molecule has 208 valence electrons. The fourth-order valence-electron chi connectivity index (χ4n) is 3.71. The van der Waals surface area contributed by atoms with E-state index in [0.717, 1.165) is 6.42 Å². The lowest BCUT2D eigenvalue weighted by atomic mass is 9.97. The van der Waals surface area contributed by atoms with Crippen molar-refractivity contribution in [2.75, 3.05) is 6.54 Å². The molecule has 0 aromatic heterocycles. The largest absolute Gasteiger partial charge is 0.508 e. The number of phenols is 1. The van der Waals surface area contributed by atoms with Crippen LogP contribution in [0.2, 0.25) is 0 Å². The summed E-state index contributed by atoms with van der Waals surface area (Å²) in [7, 11) is 0. The first-order chi connectivity index (χ1) is 17.4.